The lowest BCUT2D eigenvalue weighted by Crippen LogP contribution is -2.01. The van der Waals surface area contributed by atoms with E-state index in [0.29, 0.717) is 18.0 Å². The molecule has 0 spiro atoms. The van der Waals surface area contributed by atoms with Crippen LogP contribution in [0, 0.1) is 0 Å². The van der Waals surface area contributed by atoms with Crippen LogP contribution in [0.2, 0.25) is 0 Å². The lowest BCUT2D eigenvalue weighted by atomic mass is 10.3. The Kier molecular flexibility index (Phi) is 3.42. The molecule has 84 valence electrons. The second-order valence-corrected chi connectivity index (χ2v) is 4.13. The predicted octanol–water partition coefficient (Wildman–Crippen LogP) is 0.776. The summed E-state index contributed by atoms with van der Waals surface area (Å²) in [5.74, 6) is 0.438. The number of rotatable bonds is 5. The van der Waals surface area contributed by atoms with Gasteiger partial charge < -0.3 is 4.74 Å². The highest BCUT2D eigenvalue weighted by atomic mass is 35.5. The molecule has 7 nitrogen and oxygen atoms in total. The van der Waals surface area contributed by atoms with E-state index in [4.69, 9.17) is 11.6 Å². The number of thiazole rings is 1. The number of carbonyl (C=O) groups is 1. The molecule has 1 atom stereocenters. The molecule has 0 saturated carbocycles. The molecule has 1 N–H and O–H groups in total. The van der Waals surface area contributed by atoms with Crippen LogP contribution in [0.1, 0.15) is 10.3 Å². The van der Waals surface area contributed by atoms with Crippen molar-refractivity contribution in [2.24, 2.45) is 0 Å². The Hall–Kier alpha value is -1.54. The lowest BCUT2D eigenvalue weighted by Gasteiger charge is -2.05. The fourth-order valence-electron chi connectivity index (χ4n) is 1.11. The van der Waals surface area contributed by atoms with Gasteiger partial charge >= 0.3 is 0 Å². The largest absolute Gasteiger partial charge is 0.466 e. The van der Waals surface area contributed by atoms with Crippen LogP contribution in [0.3, 0.4) is 0 Å². The Morgan fingerprint density at radius 3 is 3.25 bits per heavy atom. The zero-order valence-electron chi connectivity index (χ0n) is 7.83. The van der Waals surface area contributed by atoms with Gasteiger partial charge in [0.2, 0.25) is 0 Å². The molecule has 9 heteroatoms. The van der Waals surface area contributed by atoms with Crippen LogP contribution in [0.25, 0.3) is 11.5 Å². The fourth-order valence-corrected chi connectivity index (χ4v) is 2.19. The maximum Gasteiger partial charge on any atom is 0.293 e. The van der Waals surface area contributed by atoms with Gasteiger partial charge in [-0.2, -0.15) is 0 Å². The molecular formula is C7H6ClN5O2S. The van der Waals surface area contributed by atoms with Crippen LogP contribution in [-0.4, -0.2) is 38.7 Å². The number of aromatic nitrogens is 5. The van der Waals surface area contributed by atoms with Crippen molar-refractivity contribution in [3.05, 3.63) is 10.4 Å². The van der Waals surface area contributed by atoms with Gasteiger partial charge in [0.15, 0.2) is 5.82 Å². The van der Waals surface area contributed by atoms with Gasteiger partial charge in [0, 0.05) is 0 Å². The van der Waals surface area contributed by atoms with E-state index < -0.39 is 5.38 Å². The number of ether oxygens (including phenoxy) is 1. The molecule has 0 saturated heterocycles. The summed E-state index contributed by atoms with van der Waals surface area (Å²) in [6, 6.07) is 0. The first kappa shape index (κ1) is 11.0. The molecule has 2 aromatic heterocycles. The maximum atomic E-state index is 10.1. The number of carbonyl (C=O) groups excluding carboxylic acids is 1. The molecule has 2 heterocycles. The van der Waals surface area contributed by atoms with Gasteiger partial charge in [-0.15, -0.1) is 28.0 Å². The molecule has 2 rings (SSSR count). The SMILES string of the molecule is O=COCC(Cl)c1scnc1-c1nnn[nH]1. The molecule has 0 aliphatic rings. The van der Waals surface area contributed by atoms with Crippen molar-refractivity contribution in [3.63, 3.8) is 0 Å². The number of nitrogens with one attached hydrogen (secondary N) is 1. The van der Waals surface area contributed by atoms with Gasteiger partial charge in [-0.05, 0) is 10.4 Å². The predicted molar refractivity (Wildman–Crippen MR) is 55.9 cm³/mol. The second kappa shape index (κ2) is 4.99. The van der Waals surface area contributed by atoms with Crippen molar-refractivity contribution in [1.82, 2.24) is 25.6 Å². The Labute approximate surface area is 98.8 Å². The minimum Gasteiger partial charge on any atom is -0.466 e. The summed E-state index contributed by atoms with van der Waals surface area (Å²) < 4.78 is 4.60. The normalized spacial score (nSPS) is 12.3. The first-order valence-electron chi connectivity index (χ1n) is 4.19. The summed E-state index contributed by atoms with van der Waals surface area (Å²) in [6.07, 6.45) is 0. The van der Waals surface area contributed by atoms with E-state index >= 15 is 0 Å². The van der Waals surface area contributed by atoms with Crippen LogP contribution in [0.4, 0.5) is 0 Å². The summed E-state index contributed by atoms with van der Waals surface area (Å²) >= 11 is 7.40. The Morgan fingerprint density at radius 2 is 2.56 bits per heavy atom. The van der Waals surface area contributed by atoms with Crippen LogP contribution in [0.15, 0.2) is 5.51 Å². The van der Waals surface area contributed by atoms with Crippen molar-refractivity contribution in [1.29, 1.82) is 0 Å². The summed E-state index contributed by atoms with van der Waals surface area (Å²) in [5, 5.41) is 12.8. The van der Waals surface area contributed by atoms with Crippen molar-refractivity contribution in [2.45, 2.75) is 5.38 Å². The van der Waals surface area contributed by atoms with E-state index in [0.717, 1.165) is 4.88 Å². The highest BCUT2D eigenvalue weighted by Gasteiger charge is 2.19. The molecule has 0 bridgehead atoms. The number of halogens is 1. The summed E-state index contributed by atoms with van der Waals surface area (Å²) in [4.78, 5) is 14.9. The summed E-state index contributed by atoms with van der Waals surface area (Å²) in [7, 11) is 0. The number of aromatic amines is 1. The monoisotopic (exact) mass is 259 g/mol. The first-order chi connectivity index (χ1) is 7.83. The van der Waals surface area contributed by atoms with Crippen LogP contribution in [0.5, 0.6) is 0 Å². The Bertz CT molecular complexity index is 459. The topological polar surface area (TPSA) is 93.7 Å². The van der Waals surface area contributed by atoms with Gasteiger partial charge in [0.05, 0.1) is 10.4 Å². The number of hydrogen-bond donors (Lipinski definition) is 1. The third-order valence-corrected chi connectivity index (χ3v) is 3.18. The number of hydrogen-bond acceptors (Lipinski definition) is 7. The van der Waals surface area contributed by atoms with E-state index in [1.807, 2.05) is 0 Å². The van der Waals surface area contributed by atoms with Crippen LogP contribution >= 0.6 is 22.9 Å². The number of H-pyrrole nitrogens is 1. The van der Waals surface area contributed by atoms with E-state index in [1.54, 1.807) is 5.51 Å². The number of nitrogens with zero attached hydrogens (tertiary/aromatic N) is 4. The zero-order chi connectivity index (χ0) is 11.4. The Balaban J connectivity index is 2.22. The first-order valence-corrected chi connectivity index (χ1v) is 5.51. The van der Waals surface area contributed by atoms with Crippen molar-refractivity contribution in [3.8, 4) is 11.5 Å². The van der Waals surface area contributed by atoms with Gasteiger partial charge in [-0.25, -0.2) is 10.1 Å². The third kappa shape index (κ3) is 2.17. The van der Waals surface area contributed by atoms with Crippen molar-refractivity contribution < 1.29 is 9.53 Å². The number of alkyl halides is 1. The maximum absolute atomic E-state index is 10.1. The highest BCUT2D eigenvalue weighted by Crippen LogP contribution is 2.32. The molecule has 16 heavy (non-hydrogen) atoms. The summed E-state index contributed by atoms with van der Waals surface area (Å²) in [6.45, 7) is 0.438. The van der Waals surface area contributed by atoms with Crippen LogP contribution in [-0.2, 0) is 9.53 Å². The standard InChI is InChI=1S/C7H6ClN5O2S/c8-4(1-15-3-14)6-5(9-2-16-6)7-10-12-13-11-7/h2-4H,1H2,(H,10,11,12,13). The number of tetrazole rings is 1. The quantitative estimate of drug-likeness (QED) is 0.630. The van der Waals surface area contributed by atoms with E-state index in [1.165, 1.54) is 11.3 Å². The molecule has 0 fully saturated rings. The minimum absolute atomic E-state index is 0.0851. The van der Waals surface area contributed by atoms with Gasteiger partial charge in [-0.3, -0.25) is 4.79 Å². The minimum atomic E-state index is -0.460. The molecule has 2 aromatic rings. The molecule has 0 aromatic carbocycles. The second-order valence-electron chi connectivity index (χ2n) is 2.71. The summed E-state index contributed by atoms with van der Waals surface area (Å²) in [5.41, 5.74) is 2.20. The van der Waals surface area contributed by atoms with Gasteiger partial charge in [0.1, 0.15) is 17.7 Å². The van der Waals surface area contributed by atoms with E-state index in [9.17, 15) is 4.79 Å². The zero-order valence-corrected chi connectivity index (χ0v) is 9.40. The third-order valence-electron chi connectivity index (χ3n) is 1.76. The molecule has 1 unspecified atom stereocenters. The van der Waals surface area contributed by atoms with Crippen molar-refractivity contribution in [2.75, 3.05) is 6.61 Å². The molecule has 0 amide bonds. The molecule has 0 aliphatic heterocycles. The lowest BCUT2D eigenvalue weighted by molar-refractivity contribution is -0.128. The fraction of sp³-hybridized carbons (Fsp3) is 0.286. The highest BCUT2D eigenvalue weighted by molar-refractivity contribution is 7.10. The molecule has 0 aliphatic carbocycles. The smallest absolute Gasteiger partial charge is 0.293 e. The average Bonchev–Trinajstić information content (AvgIpc) is 2.94. The van der Waals surface area contributed by atoms with Crippen molar-refractivity contribution >= 4 is 29.4 Å². The Morgan fingerprint density at radius 1 is 1.69 bits per heavy atom. The van der Waals surface area contributed by atoms with E-state index in [2.05, 4.69) is 30.3 Å². The molecule has 0 radical (unpaired) electrons. The van der Waals surface area contributed by atoms with Crippen LogP contribution < -0.4 is 0 Å². The van der Waals surface area contributed by atoms with Gasteiger partial charge in [-0.1, -0.05) is 0 Å². The molecular weight excluding hydrogens is 254 g/mol. The average molecular weight is 260 g/mol. The van der Waals surface area contributed by atoms with E-state index in [-0.39, 0.29) is 6.61 Å². The van der Waals surface area contributed by atoms with Gasteiger partial charge in [0.25, 0.3) is 6.47 Å².